The Kier molecular flexibility index (Phi) is 7.29. The third-order valence-electron chi connectivity index (χ3n) is 4.36. The molecule has 140 valence electrons. The number of nitrogens with zero attached hydrogens (tertiary/aromatic N) is 2. The normalized spacial score (nSPS) is 18.1. The molecule has 2 N–H and O–H groups in total. The van der Waals surface area contributed by atoms with Gasteiger partial charge in [-0.05, 0) is 38.1 Å². The van der Waals surface area contributed by atoms with Gasteiger partial charge in [-0.25, -0.2) is 9.69 Å². The van der Waals surface area contributed by atoms with Crippen molar-refractivity contribution in [1.29, 1.82) is 0 Å². The summed E-state index contributed by atoms with van der Waals surface area (Å²) in [5, 5.41) is 2.69. The van der Waals surface area contributed by atoms with Crippen LogP contribution >= 0.6 is 11.6 Å². The molecule has 1 aliphatic heterocycles. The average Bonchev–Trinajstić information content (AvgIpc) is 2.62. The SMILES string of the molecule is CC[NH+](CC)CCCN=CC1C(=O)NC(=O)N(c2ccc(Cl)cc2)C1=O. The molecule has 1 atom stereocenters. The van der Waals surface area contributed by atoms with Crippen LogP contribution in [0.1, 0.15) is 20.3 Å². The fraction of sp³-hybridized carbons (Fsp3) is 0.444. The summed E-state index contributed by atoms with van der Waals surface area (Å²) in [6.45, 7) is 7.91. The van der Waals surface area contributed by atoms with E-state index in [-0.39, 0.29) is 0 Å². The standard InChI is InChI=1S/C18H23ClN4O3/c1-3-22(4-2)11-5-10-20-12-15-16(24)21-18(26)23(17(15)25)14-8-6-13(19)7-9-14/h6-9,12,15H,3-5,10-11H2,1-2H3,(H,21,24,26)/p+1. The first-order valence-corrected chi connectivity index (χ1v) is 9.13. The Morgan fingerprint density at radius 2 is 1.85 bits per heavy atom. The van der Waals surface area contributed by atoms with Crippen LogP contribution in [-0.2, 0) is 9.59 Å². The molecule has 0 aromatic heterocycles. The number of hydrogen-bond donors (Lipinski definition) is 2. The lowest BCUT2D eigenvalue weighted by Gasteiger charge is -2.28. The summed E-state index contributed by atoms with van der Waals surface area (Å²) in [5.74, 6) is -2.37. The summed E-state index contributed by atoms with van der Waals surface area (Å²) in [5.41, 5.74) is 0.355. The third kappa shape index (κ3) is 4.89. The molecule has 26 heavy (non-hydrogen) atoms. The van der Waals surface area contributed by atoms with E-state index in [1.165, 1.54) is 11.1 Å². The predicted molar refractivity (Wildman–Crippen MR) is 101 cm³/mol. The van der Waals surface area contributed by atoms with E-state index in [0.717, 1.165) is 31.0 Å². The molecular weight excluding hydrogens is 356 g/mol. The zero-order valence-electron chi connectivity index (χ0n) is 15.0. The van der Waals surface area contributed by atoms with E-state index in [4.69, 9.17) is 11.6 Å². The van der Waals surface area contributed by atoms with Gasteiger partial charge in [0.1, 0.15) is 0 Å². The van der Waals surface area contributed by atoms with Crippen LogP contribution in [-0.4, -0.2) is 50.2 Å². The molecule has 0 bridgehead atoms. The van der Waals surface area contributed by atoms with Crippen LogP contribution in [0.25, 0.3) is 0 Å². The second kappa shape index (κ2) is 9.45. The van der Waals surface area contributed by atoms with Gasteiger partial charge in [0.15, 0.2) is 5.92 Å². The van der Waals surface area contributed by atoms with Crippen molar-refractivity contribution in [1.82, 2.24) is 5.32 Å². The van der Waals surface area contributed by atoms with Gasteiger partial charge >= 0.3 is 6.03 Å². The Balaban J connectivity index is 2.02. The molecule has 1 aliphatic rings. The van der Waals surface area contributed by atoms with Gasteiger partial charge in [0.2, 0.25) is 5.91 Å². The van der Waals surface area contributed by atoms with E-state index in [1.807, 2.05) is 0 Å². The number of urea groups is 1. The maximum Gasteiger partial charge on any atom is 0.335 e. The number of nitrogens with one attached hydrogen (secondary N) is 2. The van der Waals surface area contributed by atoms with Crippen molar-refractivity contribution in [2.45, 2.75) is 20.3 Å². The van der Waals surface area contributed by atoms with E-state index < -0.39 is 23.8 Å². The summed E-state index contributed by atoms with van der Waals surface area (Å²) in [6.07, 6.45) is 2.21. The third-order valence-corrected chi connectivity index (χ3v) is 4.61. The Bertz CT molecular complexity index is 686. The summed E-state index contributed by atoms with van der Waals surface area (Å²) in [4.78, 5) is 43.3. The second-order valence-electron chi connectivity index (χ2n) is 6.04. The van der Waals surface area contributed by atoms with Crippen molar-refractivity contribution in [2.24, 2.45) is 10.9 Å². The molecular formula is C18H24ClN4O3+. The smallest absolute Gasteiger partial charge is 0.335 e. The quantitative estimate of drug-likeness (QED) is 0.400. The number of rotatable bonds is 8. The highest BCUT2D eigenvalue weighted by atomic mass is 35.5. The lowest BCUT2D eigenvalue weighted by molar-refractivity contribution is -0.896. The van der Waals surface area contributed by atoms with Crippen LogP contribution in [0.5, 0.6) is 0 Å². The lowest BCUT2D eigenvalue weighted by atomic mass is 10.1. The molecule has 1 fully saturated rings. The van der Waals surface area contributed by atoms with Crippen molar-refractivity contribution < 1.29 is 19.3 Å². The van der Waals surface area contributed by atoms with Gasteiger partial charge < -0.3 is 4.90 Å². The molecule has 0 saturated carbocycles. The monoisotopic (exact) mass is 379 g/mol. The first-order chi connectivity index (χ1) is 12.5. The molecule has 4 amide bonds. The first-order valence-electron chi connectivity index (χ1n) is 8.75. The maximum atomic E-state index is 12.6. The zero-order chi connectivity index (χ0) is 19.1. The number of aliphatic imine (C=N–C) groups is 1. The van der Waals surface area contributed by atoms with Gasteiger partial charge in [0.25, 0.3) is 5.91 Å². The number of anilines is 1. The van der Waals surface area contributed by atoms with E-state index in [1.54, 1.807) is 24.3 Å². The summed E-state index contributed by atoms with van der Waals surface area (Å²) >= 11 is 5.84. The summed E-state index contributed by atoms with van der Waals surface area (Å²) < 4.78 is 0. The molecule has 1 aromatic rings. The highest BCUT2D eigenvalue weighted by Gasteiger charge is 2.40. The number of benzene rings is 1. The minimum absolute atomic E-state index is 0.355. The van der Waals surface area contributed by atoms with Crippen LogP contribution in [0.15, 0.2) is 29.3 Å². The number of amides is 4. The Hall–Kier alpha value is -2.25. The zero-order valence-corrected chi connectivity index (χ0v) is 15.8. The Labute approximate surface area is 158 Å². The van der Waals surface area contributed by atoms with E-state index in [9.17, 15) is 14.4 Å². The number of carbonyl (C=O) groups excluding carboxylic acids is 3. The highest BCUT2D eigenvalue weighted by molar-refractivity contribution is 6.33. The molecule has 1 aromatic carbocycles. The largest absolute Gasteiger partial charge is 0.335 e. The highest BCUT2D eigenvalue weighted by Crippen LogP contribution is 2.22. The number of halogens is 1. The van der Waals surface area contributed by atoms with Crippen LogP contribution in [0.2, 0.25) is 5.02 Å². The lowest BCUT2D eigenvalue weighted by Crippen LogP contribution is -3.11. The fourth-order valence-electron chi connectivity index (χ4n) is 2.76. The number of barbiturate groups is 1. The molecule has 2 rings (SSSR count). The van der Waals surface area contributed by atoms with Gasteiger partial charge in [0.05, 0.1) is 25.3 Å². The number of carbonyl (C=O) groups is 3. The Morgan fingerprint density at radius 1 is 1.19 bits per heavy atom. The number of imide groups is 2. The van der Waals surface area contributed by atoms with Gasteiger partial charge in [-0.2, -0.15) is 0 Å². The minimum atomic E-state index is -1.11. The van der Waals surface area contributed by atoms with E-state index >= 15 is 0 Å². The Morgan fingerprint density at radius 3 is 2.46 bits per heavy atom. The van der Waals surface area contributed by atoms with E-state index in [0.29, 0.717) is 17.3 Å². The van der Waals surface area contributed by atoms with Crippen LogP contribution in [0.3, 0.4) is 0 Å². The average molecular weight is 380 g/mol. The second-order valence-corrected chi connectivity index (χ2v) is 6.47. The minimum Gasteiger partial charge on any atom is -0.335 e. The van der Waals surface area contributed by atoms with Crippen molar-refractivity contribution >= 4 is 41.3 Å². The van der Waals surface area contributed by atoms with Crippen molar-refractivity contribution in [3.63, 3.8) is 0 Å². The molecule has 1 saturated heterocycles. The first kappa shape index (κ1) is 20.1. The van der Waals surface area contributed by atoms with Gasteiger partial charge in [0, 0.05) is 24.2 Å². The number of quaternary nitrogens is 1. The molecule has 0 spiro atoms. The van der Waals surface area contributed by atoms with Crippen LogP contribution < -0.4 is 15.1 Å². The van der Waals surface area contributed by atoms with Crippen molar-refractivity contribution in [3.8, 4) is 0 Å². The maximum absolute atomic E-state index is 12.6. The molecule has 0 aliphatic carbocycles. The van der Waals surface area contributed by atoms with Crippen molar-refractivity contribution in [2.75, 3.05) is 31.1 Å². The fourth-order valence-corrected chi connectivity index (χ4v) is 2.89. The van der Waals surface area contributed by atoms with Gasteiger partial charge in [-0.1, -0.05) is 11.6 Å². The molecule has 8 heteroatoms. The van der Waals surface area contributed by atoms with Gasteiger partial charge in [-0.15, -0.1) is 0 Å². The van der Waals surface area contributed by atoms with Crippen LogP contribution in [0, 0.1) is 5.92 Å². The topological polar surface area (TPSA) is 83.3 Å². The molecule has 0 radical (unpaired) electrons. The number of hydrogen-bond acceptors (Lipinski definition) is 4. The van der Waals surface area contributed by atoms with Gasteiger partial charge in [-0.3, -0.25) is 19.9 Å². The molecule has 1 heterocycles. The molecule has 7 nitrogen and oxygen atoms in total. The predicted octanol–water partition coefficient (Wildman–Crippen LogP) is 0.925. The van der Waals surface area contributed by atoms with Crippen LogP contribution in [0.4, 0.5) is 10.5 Å². The van der Waals surface area contributed by atoms with E-state index in [2.05, 4.69) is 24.2 Å². The summed E-state index contributed by atoms with van der Waals surface area (Å²) in [6, 6.07) is 5.49. The molecule has 1 unspecified atom stereocenters. The summed E-state index contributed by atoms with van der Waals surface area (Å²) in [7, 11) is 0. The van der Waals surface area contributed by atoms with Crippen molar-refractivity contribution in [3.05, 3.63) is 29.3 Å².